The Morgan fingerprint density at radius 3 is 2.88 bits per heavy atom. The molecule has 0 radical (unpaired) electrons. The van der Waals surface area contributed by atoms with E-state index < -0.39 is 0 Å². The van der Waals surface area contributed by atoms with Gasteiger partial charge in [0.2, 0.25) is 5.95 Å². The van der Waals surface area contributed by atoms with Gasteiger partial charge in [0.15, 0.2) is 11.2 Å². The molecule has 0 spiro atoms. The van der Waals surface area contributed by atoms with E-state index in [0.29, 0.717) is 11.2 Å². The lowest BCUT2D eigenvalue weighted by atomic mass is 10.5. The third-order valence-electron chi connectivity index (χ3n) is 1.65. The van der Waals surface area contributed by atoms with Gasteiger partial charge in [-0.3, -0.25) is 14.9 Å². The number of hydrogen-bond donors (Lipinski definition) is 4. The van der Waals surface area contributed by atoms with Gasteiger partial charge in [0.25, 0.3) is 5.56 Å². The number of nitrogen functional groups attached to an aromatic ring is 1. The number of nitrogens with two attached hydrogens (primary N) is 1. The number of fused-ring (bicyclic) bond motifs is 1. The first kappa shape index (κ1) is 9.83. The Labute approximate surface area is 88.1 Å². The molecule has 0 saturated carbocycles. The van der Waals surface area contributed by atoms with E-state index in [1.54, 1.807) is 12.4 Å². The Kier molecular flexibility index (Phi) is 2.59. The Bertz CT molecular complexity index is 591. The van der Waals surface area contributed by atoms with Crippen molar-refractivity contribution in [1.82, 2.24) is 35.3 Å². The average Bonchev–Trinajstić information content (AvgIpc) is 2.90. The summed E-state index contributed by atoms with van der Waals surface area (Å²) in [6.45, 7) is 0. The maximum Gasteiger partial charge on any atom is 0.278 e. The number of nitrogens with zero attached hydrogens (tertiary/aromatic N) is 4. The van der Waals surface area contributed by atoms with E-state index in [-0.39, 0.29) is 11.5 Å². The molecule has 0 atom stereocenters. The van der Waals surface area contributed by atoms with E-state index in [9.17, 15) is 4.79 Å². The molecular formula is C7H8N8O. The molecule has 3 aromatic rings. The smallest absolute Gasteiger partial charge is 0.278 e. The van der Waals surface area contributed by atoms with Crippen LogP contribution in [0.1, 0.15) is 0 Å². The molecule has 5 N–H and O–H groups in total. The number of imidazole rings is 1. The van der Waals surface area contributed by atoms with Gasteiger partial charge < -0.3 is 10.7 Å². The molecular weight excluding hydrogens is 212 g/mol. The van der Waals surface area contributed by atoms with Crippen LogP contribution in [-0.4, -0.2) is 35.3 Å². The fourth-order valence-corrected chi connectivity index (χ4v) is 1.03. The summed E-state index contributed by atoms with van der Waals surface area (Å²) >= 11 is 0. The summed E-state index contributed by atoms with van der Waals surface area (Å²) in [5.41, 5.74) is 5.65. The van der Waals surface area contributed by atoms with Gasteiger partial charge in [-0.25, -0.2) is 4.98 Å². The molecule has 3 heterocycles. The van der Waals surface area contributed by atoms with Crippen molar-refractivity contribution in [1.29, 1.82) is 0 Å². The van der Waals surface area contributed by atoms with E-state index >= 15 is 0 Å². The molecule has 0 saturated heterocycles. The highest BCUT2D eigenvalue weighted by Gasteiger charge is 2.01. The van der Waals surface area contributed by atoms with Crippen molar-refractivity contribution in [2.24, 2.45) is 0 Å². The highest BCUT2D eigenvalue weighted by atomic mass is 16.1. The second-order valence-corrected chi connectivity index (χ2v) is 2.71. The molecule has 0 bridgehead atoms. The van der Waals surface area contributed by atoms with Crippen LogP contribution in [0, 0.1) is 0 Å². The molecule has 16 heavy (non-hydrogen) atoms. The van der Waals surface area contributed by atoms with Gasteiger partial charge in [-0.15, -0.1) is 5.10 Å². The number of H-pyrrole nitrogens is 3. The Hall–Kier alpha value is -2.71. The molecule has 0 aliphatic heterocycles. The monoisotopic (exact) mass is 220 g/mol. The van der Waals surface area contributed by atoms with Crippen molar-refractivity contribution in [2.75, 3.05) is 5.73 Å². The van der Waals surface area contributed by atoms with E-state index in [0.717, 1.165) is 0 Å². The van der Waals surface area contributed by atoms with Gasteiger partial charge in [-0.05, 0) is 0 Å². The number of anilines is 1. The SMILES string of the molecule is Nc1nc2nc[nH]c2c(=O)[nH]1.c1c[nH]nn1. The summed E-state index contributed by atoms with van der Waals surface area (Å²) in [5.74, 6) is 0.0783. The zero-order chi connectivity index (χ0) is 11.4. The van der Waals surface area contributed by atoms with E-state index in [1.807, 2.05) is 0 Å². The van der Waals surface area contributed by atoms with Crippen molar-refractivity contribution in [3.05, 3.63) is 29.1 Å². The molecule has 82 valence electrons. The zero-order valence-corrected chi connectivity index (χ0v) is 8.01. The summed E-state index contributed by atoms with van der Waals surface area (Å²) in [5, 5.41) is 9.26. The first-order chi connectivity index (χ1) is 7.77. The molecule has 0 aliphatic carbocycles. The van der Waals surface area contributed by atoms with Gasteiger partial charge in [-0.2, -0.15) is 4.98 Å². The minimum atomic E-state index is -0.301. The van der Waals surface area contributed by atoms with Crippen LogP contribution in [0.3, 0.4) is 0 Å². The van der Waals surface area contributed by atoms with Gasteiger partial charge >= 0.3 is 0 Å². The highest BCUT2D eigenvalue weighted by molar-refractivity contribution is 5.69. The number of nitrogens with one attached hydrogen (secondary N) is 3. The average molecular weight is 220 g/mol. The molecule has 0 aliphatic rings. The third kappa shape index (κ3) is 2.03. The second-order valence-electron chi connectivity index (χ2n) is 2.71. The Morgan fingerprint density at radius 1 is 1.38 bits per heavy atom. The summed E-state index contributed by atoms with van der Waals surface area (Å²) < 4.78 is 0. The van der Waals surface area contributed by atoms with Crippen LogP contribution in [0.15, 0.2) is 23.5 Å². The maximum atomic E-state index is 11.0. The fourth-order valence-electron chi connectivity index (χ4n) is 1.03. The van der Waals surface area contributed by atoms with Crippen molar-refractivity contribution in [2.45, 2.75) is 0 Å². The summed E-state index contributed by atoms with van der Waals surface area (Å²) in [6, 6.07) is 0. The number of aromatic nitrogens is 7. The summed E-state index contributed by atoms with van der Waals surface area (Å²) in [6.07, 6.45) is 4.63. The molecule has 3 rings (SSSR count). The zero-order valence-electron chi connectivity index (χ0n) is 8.01. The minimum Gasteiger partial charge on any atom is -0.369 e. The second kappa shape index (κ2) is 4.21. The summed E-state index contributed by atoms with van der Waals surface area (Å²) in [7, 11) is 0. The van der Waals surface area contributed by atoms with E-state index in [1.165, 1.54) is 6.33 Å². The van der Waals surface area contributed by atoms with Crippen molar-refractivity contribution >= 4 is 17.1 Å². The van der Waals surface area contributed by atoms with Crippen LogP contribution in [0.2, 0.25) is 0 Å². The maximum absolute atomic E-state index is 11.0. The normalized spacial score (nSPS) is 9.75. The number of rotatable bonds is 0. The Balaban J connectivity index is 0.000000162. The van der Waals surface area contributed by atoms with Gasteiger partial charge in [0.1, 0.15) is 0 Å². The van der Waals surface area contributed by atoms with E-state index in [4.69, 9.17) is 5.73 Å². The lowest BCUT2D eigenvalue weighted by Gasteiger charge is -1.89. The van der Waals surface area contributed by atoms with Crippen LogP contribution in [0.4, 0.5) is 5.95 Å². The topological polar surface area (TPSA) is 142 Å². The van der Waals surface area contributed by atoms with Crippen LogP contribution >= 0.6 is 0 Å². The number of hydrogen-bond acceptors (Lipinski definition) is 6. The van der Waals surface area contributed by atoms with Gasteiger partial charge in [0.05, 0.1) is 12.5 Å². The molecule has 9 nitrogen and oxygen atoms in total. The van der Waals surface area contributed by atoms with E-state index in [2.05, 4.69) is 35.3 Å². The van der Waals surface area contributed by atoms with Crippen molar-refractivity contribution in [3.8, 4) is 0 Å². The van der Waals surface area contributed by atoms with Crippen LogP contribution in [0.25, 0.3) is 11.2 Å². The Morgan fingerprint density at radius 2 is 2.25 bits per heavy atom. The molecule has 0 unspecified atom stereocenters. The lowest BCUT2D eigenvalue weighted by Crippen LogP contribution is -2.10. The predicted octanol–water partition coefficient (Wildman–Crippen LogP) is -0.967. The molecule has 9 heteroatoms. The van der Waals surface area contributed by atoms with Gasteiger partial charge in [-0.1, -0.05) is 5.21 Å². The van der Waals surface area contributed by atoms with Crippen LogP contribution in [0.5, 0.6) is 0 Å². The van der Waals surface area contributed by atoms with Crippen LogP contribution in [-0.2, 0) is 0 Å². The highest BCUT2D eigenvalue weighted by Crippen LogP contribution is 1.98. The molecule has 0 aromatic carbocycles. The number of aromatic amines is 3. The quantitative estimate of drug-likeness (QED) is 0.384. The first-order valence-electron chi connectivity index (χ1n) is 4.26. The predicted molar refractivity (Wildman–Crippen MR) is 55.3 cm³/mol. The van der Waals surface area contributed by atoms with Crippen molar-refractivity contribution < 1.29 is 0 Å². The largest absolute Gasteiger partial charge is 0.369 e. The minimum absolute atomic E-state index is 0.0783. The van der Waals surface area contributed by atoms with Crippen molar-refractivity contribution in [3.63, 3.8) is 0 Å². The summed E-state index contributed by atoms with van der Waals surface area (Å²) in [4.78, 5) is 23.5. The molecule has 3 aromatic heterocycles. The lowest BCUT2D eigenvalue weighted by molar-refractivity contribution is 0.940. The fraction of sp³-hybridized carbons (Fsp3) is 0. The standard InChI is InChI=1S/C5H5N5O.C2H3N3/c6-5-9-3-2(4(11)10-5)7-1-8-3;1-2-4-5-3-1/h1H,(H4,6,7,8,9,10,11);1-2H,(H,3,4,5). The van der Waals surface area contributed by atoms with Crippen LogP contribution < -0.4 is 11.3 Å². The third-order valence-corrected chi connectivity index (χ3v) is 1.65. The molecule has 0 amide bonds. The molecule has 0 fully saturated rings. The van der Waals surface area contributed by atoms with Gasteiger partial charge in [0, 0.05) is 6.20 Å². The first-order valence-corrected chi connectivity index (χ1v) is 4.26.